The maximum atomic E-state index is 12.1. The highest BCUT2D eigenvalue weighted by Crippen LogP contribution is 2.35. The van der Waals surface area contributed by atoms with Crippen LogP contribution in [-0.4, -0.2) is 35.8 Å². The van der Waals surface area contributed by atoms with Gasteiger partial charge in [0.2, 0.25) is 0 Å². The predicted molar refractivity (Wildman–Crippen MR) is 87.2 cm³/mol. The fourth-order valence-electron chi connectivity index (χ4n) is 3.21. The fourth-order valence-corrected chi connectivity index (χ4v) is 3.52. The molecule has 2 aliphatic rings. The molecule has 3 atom stereocenters. The number of nitrogens with zero attached hydrogens (tertiary/aromatic N) is 1. The normalized spacial score (nSPS) is 27.6. The first-order valence-corrected chi connectivity index (χ1v) is 7.87. The van der Waals surface area contributed by atoms with Crippen molar-refractivity contribution >= 4 is 23.4 Å². The molecule has 1 aromatic rings. The largest absolute Gasteiger partial charge is 0.469 e. The first kappa shape index (κ1) is 15.0. The smallest absolute Gasteiger partial charge is 0.311 e. The number of benzene rings is 1. The van der Waals surface area contributed by atoms with E-state index in [0.29, 0.717) is 11.8 Å². The quantitative estimate of drug-likeness (QED) is 0.487. The lowest BCUT2D eigenvalue weighted by molar-refractivity contribution is -0.147. The lowest BCUT2D eigenvalue weighted by Crippen LogP contribution is -2.45. The maximum absolute atomic E-state index is 12.1. The van der Waals surface area contributed by atoms with Gasteiger partial charge < -0.3 is 14.4 Å². The second-order valence-electron chi connectivity index (χ2n) is 5.54. The summed E-state index contributed by atoms with van der Waals surface area (Å²) in [5, 5.41) is 0.458. The molecule has 0 radical (unpaired) electrons. The van der Waals surface area contributed by atoms with Gasteiger partial charge >= 0.3 is 5.97 Å². The van der Waals surface area contributed by atoms with Crippen molar-refractivity contribution in [1.29, 1.82) is 0 Å². The molecule has 0 amide bonds. The average Bonchev–Trinajstić information content (AvgIpc) is 2.96. The van der Waals surface area contributed by atoms with E-state index in [9.17, 15) is 4.79 Å². The van der Waals surface area contributed by atoms with E-state index in [1.807, 2.05) is 23.1 Å². The van der Waals surface area contributed by atoms with Gasteiger partial charge in [-0.2, -0.15) is 0 Å². The molecule has 22 heavy (non-hydrogen) atoms. The van der Waals surface area contributed by atoms with E-state index in [2.05, 4.69) is 24.3 Å². The van der Waals surface area contributed by atoms with Crippen molar-refractivity contribution in [3.05, 3.63) is 48.0 Å². The Kier molecular flexibility index (Phi) is 4.43. The van der Waals surface area contributed by atoms with Gasteiger partial charge in [0, 0.05) is 0 Å². The van der Waals surface area contributed by atoms with Crippen LogP contribution in [0.25, 0.3) is 0 Å². The summed E-state index contributed by atoms with van der Waals surface area (Å²) in [6.07, 6.45) is 5.82. The Morgan fingerprint density at radius 2 is 2.14 bits per heavy atom. The summed E-state index contributed by atoms with van der Waals surface area (Å²) >= 11 is 5.39. The van der Waals surface area contributed by atoms with Crippen LogP contribution in [0.4, 0.5) is 0 Å². The zero-order valence-corrected chi connectivity index (χ0v) is 13.3. The van der Waals surface area contributed by atoms with E-state index in [1.165, 1.54) is 7.11 Å². The van der Waals surface area contributed by atoms with Crippen LogP contribution in [0, 0.1) is 5.92 Å². The number of ether oxygens (including phenoxy) is 2. The molecular formula is C17H19NO3S. The van der Waals surface area contributed by atoms with Crippen LogP contribution in [0.2, 0.25) is 0 Å². The Labute approximate surface area is 135 Å². The van der Waals surface area contributed by atoms with E-state index in [0.717, 1.165) is 18.4 Å². The van der Waals surface area contributed by atoms with Gasteiger partial charge in [-0.25, -0.2) is 0 Å². The highest BCUT2D eigenvalue weighted by atomic mass is 32.1. The second kappa shape index (κ2) is 6.48. The summed E-state index contributed by atoms with van der Waals surface area (Å²) in [4.78, 5) is 14.2. The molecule has 1 aliphatic heterocycles. The van der Waals surface area contributed by atoms with Gasteiger partial charge in [0.25, 0.3) is 5.17 Å². The zero-order chi connectivity index (χ0) is 15.5. The van der Waals surface area contributed by atoms with Gasteiger partial charge in [0.15, 0.2) is 0 Å². The molecule has 0 unspecified atom stereocenters. The number of methoxy groups -OCH3 is 1. The summed E-state index contributed by atoms with van der Waals surface area (Å²) in [7, 11) is 1.44. The third-order valence-corrected chi connectivity index (χ3v) is 4.64. The Bertz CT molecular complexity index is 587. The summed E-state index contributed by atoms with van der Waals surface area (Å²) in [5.41, 5.74) is 1.14. The van der Waals surface area contributed by atoms with Crippen molar-refractivity contribution in [1.82, 2.24) is 4.90 Å². The molecule has 0 saturated carbocycles. The Morgan fingerprint density at radius 3 is 2.86 bits per heavy atom. The van der Waals surface area contributed by atoms with Crippen molar-refractivity contribution < 1.29 is 14.3 Å². The zero-order valence-electron chi connectivity index (χ0n) is 12.5. The number of allylic oxidation sites excluding steroid dienone is 1. The highest BCUT2D eigenvalue weighted by molar-refractivity contribution is 7.80. The number of carbonyl (C=O) groups excluding carboxylic acids is 1. The molecule has 0 aromatic heterocycles. The number of carbonyl (C=O) groups is 1. The van der Waals surface area contributed by atoms with Crippen LogP contribution in [0.1, 0.15) is 24.4 Å². The predicted octanol–water partition coefficient (Wildman–Crippen LogP) is 2.85. The number of rotatable bonds is 3. The van der Waals surface area contributed by atoms with Crippen LogP contribution >= 0.6 is 12.2 Å². The minimum atomic E-state index is -0.208. The van der Waals surface area contributed by atoms with Crippen LogP contribution in [0.3, 0.4) is 0 Å². The molecule has 1 heterocycles. The SMILES string of the molecule is COC(=O)[C@H]1CCC=C[C@H]1N1C(=S)OC[C@H]1c1ccccc1. The van der Waals surface area contributed by atoms with Gasteiger partial charge in [0.1, 0.15) is 6.61 Å². The van der Waals surface area contributed by atoms with Crippen LogP contribution in [-0.2, 0) is 14.3 Å². The molecular weight excluding hydrogens is 298 g/mol. The third-order valence-electron chi connectivity index (χ3n) is 4.31. The van der Waals surface area contributed by atoms with Crippen molar-refractivity contribution in [3.63, 3.8) is 0 Å². The van der Waals surface area contributed by atoms with Crippen LogP contribution < -0.4 is 0 Å². The second-order valence-corrected chi connectivity index (χ2v) is 5.89. The van der Waals surface area contributed by atoms with Gasteiger partial charge in [-0.15, -0.1) is 0 Å². The lowest BCUT2D eigenvalue weighted by atomic mass is 9.87. The minimum absolute atomic E-state index is 0.0357. The molecule has 1 aromatic carbocycles. The maximum Gasteiger partial charge on any atom is 0.311 e. The molecule has 0 bridgehead atoms. The summed E-state index contributed by atoms with van der Waals surface area (Å²) in [5.74, 6) is -0.392. The van der Waals surface area contributed by atoms with E-state index in [-0.39, 0.29) is 24.0 Å². The summed E-state index contributed by atoms with van der Waals surface area (Å²) in [6.45, 7) is 0.515. The number of hydrogen-bond donors (Lipinski definition) is 0. The lowest BCUT2D eigenvalue weighted by Gasteiger charge is -2.36. The molecule has 1 aliphatic carbocycles. The first-order chi connectivity index (χ1) is 10.7. The molecule has 0 spiro atoms. The Hall–Kier alpha value is -1.88. The average molecular weight is 317 g/mol. The van der Waals surface area contributed by atoms with Gasteiger partial charge in [-0.05, 0) is 30.6 Å². The summed E-state index contributed by atoms with van der Waals surface area (Å²) in [6, 6.07) is 10.0. The molecule has 1 saturated heterocycles. The summed E-state index contributed by atoms with van der Waals surface area (Å²) < 4.78 is 10.6. The van der Waals surface area contributed by atoms with Crippen LogP contribution in [0.15, 0.2) is 42.5 Å². The van der Waals surface area contributed by atoms with Crippen molar-refractivity contribution in [3.8, 4) is 0 Å². The van der Waals surface area contributed by atoms with Crippen molar-refractivity contribution in [2.24, 2.45) is 5.92 Å². The van der Waals surface area contributed by atoms with Gasteiger partial charge in [-0.3, -0.25) is 4.79 Å². The molecule has 0 N–H and O–H groups in total. The third kappa shape index (κ3) is 2.73. The topological polar surface area (TPSA) is 38.8 Å². The van der Waals surface area contributed by atoms with E-state index < -0.39 is 0 Å². The van der Waals surface area contributed by atoms with E-state index in [4.69, 9.17) is 21.7 Å². The van der Waals surface area contributed by atoms with Crippen molar-refractivity contribution in [2.45, 2.75) is 24.9 Å². The minimum Gasteiger partial charge on any atom is -0.469 e. The first-order valence-electron chi connectivity index (χ1n) is 7.47. The van der Waals surface area contributed by atoms with Crippen LogP contribution in [0.5, 0.6) is 0 Å². The molecule has 1 fully saturated rings. The molecule has 5 heteroatoms. The fraction of sp³-hybridized carbons (Fsp3) is 0.412. The Morgan fingerprint density at radius 1 is 1.36 bits per heavy atom. The highest BCUT2D eigenvalue weighted by Gasteiger charge is 2.42. The van der Waals surface area contributed by atoms with Gasteiger partial charge in [0.05, 0.1) is 25.1 Å². The van der Waals surface area contributed by atoms with Crippen molar-refractivity contribution in [2.75, 3.05) is 13.7 Å². The van der Waals surface area contributed by atoms with Gasteiger partial charge in [-0.1, -0.05) is 42.5 Å². The number of thiocarbonyl (C=S) groups is 1. The Balaban J connectivity index is 1.92. The standard InChI is InChI=1S/C17H19NO3S/c1-20-16(19)13-9-5-6-10-14(13)18-15(11-21-17(18)22)12-7-3-2-4-8-12/h2-4,6-8,10,13-15H,5,9,11H2,1H3/t13-,14+,15-/m0/s1. The monoisotopic (exact) mass is 317 g/mol. The van der Waals surface area contributed by atoms with E-state index in [1.54, 1.807) is 0 Å². The number of hydrogen-bond acceptors (Lipinski definition) is 4. The molecule has 4 nitrogen and oxygen atoms in total. The molecule has 116 valence electrons. The molecule has 3 rings (SSSR count). The van der Waals surface area contributed by atoms with E-state index >= 15 is 0 Å². The number of esters is 1.